The van der Waals surface area contributed by atoms with Gasteiger partial charge in [-0.15, -0.1) is 0 Å². The zero-order valence-electron chi connectivity index (χ0n) is 12.7. The Labute approximate surface area is 134 Å². The molecule has 0 saturated heterocycles. The molecule has 0 aliphatic carbocycles. The topological polar surface area (TPSA) is 73.6 Å². The lowest BCUT2D eigenvalue weighted by Gasteiger charge is -2.14. The lowest BCUT2D eigenvalue weighted by Crippen LogP contribution is -2.09. The van der Waals surface area contributed by atoms with Crippen LogP contribution in [0.25, 0.3) is 5.69 Å². The molecule has 1 N–H and O–H groups in total. The van der Waals surface area contributed by atoms with Crippen LogP contribution < -0.4 is 9.47 Å². The van der Waals surface area contributed by atoms with E-state index in [4.69, 9.17) is 14.6 Å². The van der Waals surface area contributed by atoms with Gasteiger partial charge in [0.2, 0.25) is 5.76 Å². The van der Waals surface area contributed by atoms with Gasteiger partial charge < -0.3 is 14.6 Å². The predicted molar refractivity (Wildman–Crippen MR) is 77.3 cm³/mol. The Balaban J connectivity index is 2.49. The second-order valence-electron chi connectivity index (χ2n) is 4.74. The van der Waals surface area contributed by atoms with E-state index in [1.165, 1.54) is 19.2 Å². The van der Waals surface area contributed by atoms with Crippen LogP contribution in [0.5, 0.6) is 11.5 Å². The number of alkyl halides is 3. The van der Waals surface area contributed by atoms with Crippen molar-refractivity contribution in [2.45, 2.75) is 13.1 Å². The second-order valence-corrected chi connectivity index (χ2v) is 4.74. The number of nitrogens with zero attached hydrogens (tertiary/aromatic N) is 2. The third-order valence-corrected chi connectivity index (χ3v) is 3.13. The molecule has 1 aromatic carbocycles. The molecule has 0 saturated carbocycles. The van der Waals surface area contributed by atoms with Gasteiger partial charge >= 0.3 is 12.1 Å². The van der Waals surface area contributed by atoms with Crippen LogP contribution in [0, 0.1) is 6.92 Å². The molecule has 0 spiro atoms. The zero-order chi connectivity index (χ0) is 18.1. The fourth-order valence-corrected chi connectivity index (χ4v) is 1.89. The van der Waals surface area contributed by atoms with Crippen molar-refractivity contribution < 1.29 is 32.5 Å². The van der Waals surface area contributed by atoms with E-state index < -0.39 is 23.6 Å². The van der Waals surface area contributed by atoms with Gasteiger partial charge in [0.05, 0.1) is 12.8 Å². The molecule has 0 aliphatic rings. The summed E-state index contributed by atoms with van der Waals surface area (Å²) in [5.74, 6) is -1.52. The maximum absolute atomic E-state index is 12.7. The van der Waals surface area contributed by atoms with E-state index in [1.54, 1.807) is 6.92 Å². The summed E-state index contributed by atoms with van der Waals surface area (Å²) in [7, 11) is 1.37. The van der Waals surface area contributed by atoms with Crippen LogP contribution in [-0.2, 0) is 11.0 Å². The minimum Gasteiger partial charge on any atom is -0.496 e. The first-order valence-corrected chi connectivity index (χ1v) is 6.55. The monoisotopic (exact) mass is 342 g/mol. The molecule has 0 fully saturated rings. The summed E-state index contributed by atoms with van der Waals surface area (Å²) in [6, 6.07) is 3.63. The van der Waals surface area contributed by atoms with Crippen molar-refractivity contribution in [3.8, 4) is 17.2 Å². The number of hydrogen-bond donors (Lipinski definition) is 1. The average Bonchev–Trinajstić information content (AvgIpc) is 2.99. The van der Waals surface area contributed by atoms with Crippen LogP contribution in [0.3, 0.4) is 0 Å². The molecule has 0 bridgehead atoms. The number of aromatic nitrogens is 2. The number of rotatable bonds is 5. The molecule has 0 amide bonds. The molecule has 0 aliphatic heterocycles. The van der Waals surface area contributed by atoms with Gasteiger partial charge in [-0.25, -0.2) is 9.48 Å². The van der Waals surface area contributed by atoms with E-state index in [1.807, 2.05) is 0 Å². The molecule has 0 radical (unpaired) electrons. The Kier molecular flexibility index (Phi) is 4.54. The second kappa shape index (κ2) is 6.26. The first kappa shape index (κ1) is 17.4. The molecular weight excluding hydrogens is 329 g/mol. The molecule has 9 heteroatoms. The Hall–Kier alpha value is -2.97. The fraction of sp³-hybridized carbons (Fsp3) is 0.200. The minimum absolute atomic E-state index is 0.0841. The number of halogens is 3. The molecule has 24 heavy (non-hydrogen) atoms. The smallest absolute Gasteiger partial charge is 0.435 e. The van der Waals surface area contributed by atoms with Crippen molar-refractivity contribution in [1.82, 2.24) is 9.78 Å². The molecule has 128 valence electrons. The van der Waals surface area contributed by atoms with E-state index in [-0.39, 0.29) is 11.4 Å². The van der Waals surface area contributed by atoms with Crippen molar-refractivity contribution in [3.63, 3.8) is 0 Å². The summed E-state index contributed by atoms with van der Waals surface area (Å²) in [5, 5.41) is 12.3. The van der Waals surface area contributed by atoms with Crippen molar-refractivity contribution in [3.05, 3.63) is 48.0 Å². The number of carboxylic acids is 1. The maximum Gasteiger partial charge on any atom is 0.435 e. The van der Waals surface area contributed by atoms with Gasteiger partial charge in [-0.2, -0.15) is 18.3 Å². The molecular formula is C15H13F3N2O4. The number of carbonyl (C=O) groups is 1. The molecule has 1 aromatic heterocycles. The zero-order valence-corrected chi connectivity index (χ0v) is 12.7. The molecule has 0 atom stereocenters. The predicted octanol–water partition coefficient (Wildman–Crippen LogP) is 3.19. The highest BCUT2D eigenvalue weighted by molar-refractivity contribution is 5.84. The third-order valence-electron chi connectivity index (χ3n) is 3.13. The molecule has 2 rings (SSSR count). The average molecular weight is 342 g/mol. The summed E-state index contributed by atoms with van der Waals surface area (Å²) in [4.78, 5) is 10.8. The number of carboxylic acid groups (broad SMARTS) is 1. The molecule has 2 aromatic rings. The van der Waals surface area contributed by atoms with Gasteiger partial charge in [-0.1, -0.05) is 0 Å². The molecule has 0 unspecified atom stereocenters. The summed E-state index contributed by atoms with van der Waals surface area (Å²) >= 11 is 0. The first-order chi connectivity index (χ1) is 11.1. The molecule has 1 heterocycles. The lowest BCUT2D eigenvalue weighted by molar-refractivity contribution is -0.141. The SMILES string of the molecule is C=C(Oc1cc(-n2ccc(C(F)(F)F)n2)cc(OC)c1C)C(=O)O. The fourth-order valence-electron chi connectivity index (χ4n) is 1.89. The number of benzene rings is 1. The van der Waals surface area contributed by atoms with Crippen LogP contribution in [0.4, 0.5) is 13.2 Å². The van der Waals surface area contributed by atoms with Crippen LogP contribution >= 0.6 is 0 Å². The minimum atomic E-state index is -4.57. The van der Waals surface area contributed by atoms with Crippen LogP contribution in [0.15, 0.2) is 36.7 Å². The van der Waals surface area contributed by atoms with E-state index in [0.29, 0.717) is 11.3 Å². The van der Waals surface area contributed by atoms with E-state index in [0.717, 1.165) is 16.9 Å². The van der Waals surface area contributed by atoms with Gasteiger partial charge in [-0.3, -0.25) is 0 Å². The van der Waals surface area contributed by atoms with Crippen molar-refractivity contribution in [2.24, 2.45) is 0 Å². The Morgan fingerprint density at radius 2 is 1.96 bits per heavy atom. The van der Waals surface area contributed by atoms with Gasteiger partial charge in [0, 0.05) is 23.9 Å². The quantitative estimate of drug-likeness (QED) is 0.667. The number of hydrogen-bond acceptors (Lipinski definition) is 4. The number of aliphatic carboxylic acids is 1. The van der Waals surface area contributed by atoms with Crippen LogP contribution in [0.2, 0.25) is 0 Å². The Morgan fingerprint density at radius 1 is 1.33 bits per heavy atom. The standard InChI is InChI=1S/C15H13F3N2O4/c1-8-11(23-3)6-10(7-12(8)24-9(2)14(21)22)20-5-4-13(19-20)15(16,17)18/h4-7H,2H2,1,3H3,(H,21,22). The summed E-state index contributed by atoms with van der Waals surface area (Å²) < 4.78 is 49.3. The highest BCUT2D eigenvalue weighted by Crippen LogP contribution is 2.33. The highest BCUT2D eigenvalue weighted by Gasteiger charge is 2.33. The normalized spacial score (nSPS) is 11.2. The van der Waals surface area contributed by atoms with Gasteiger partial charge in [0.15, 0.2) is 5.69 Å². The first-order valence-electron chi connectivity index (χ1n) is 6.55. The lowest BCUT2D eigenvalue weighted by atomic mass is 10.1. The number of ether oxygens (including phenoxy) is 2. The van der Waals surface area contributed by atoms with Crippen molar-refractivity contribution in [1.29, 1.82) is 0 Å². The van der Waals surface area contributed by atoms with Crippen LogP contribution in [0.1, 0.15) is 11.3 Å². The largest absolute Gasteiger partial charge is 0.496 e. The maximum atomic E-state index is 12.7. The third kappa shape index (κ3) is 3.50. The molecule has 6 nitrogen and oxygen atoms in total. The number of methoxy groups -OCH3 is 1. The summed E-state index contributed by atoms with van der Waals surface area (Å²) in [6.45, 7) is 4.86. The van der Waals surface area contributed by atoms with E-state index in [2.05, 4.69) is 11.7 Å². The Morgan fingerprint density at radius 3 is 2.46 bits per heavy atom. The Bertz CT molecular complexity index is 797. The van der Waals surface area contributed by atoms with E-state index in [9.17, 15) is 18.0 Å². The van der Waals surface area contributed by atoms with Crippen LogP contribution in [-0.4, -0.2) is 28.0 Å². The van der Waals surface area contributed by atoms with Crippen molar-refractivity contribution in [2.75, 3.05) is 7.11 Å². The summed E-state index contributed by atoms with van der Waals surface area (Å²) in [5.41, 5.74) is -0.382. The highest BCUT2D eigenvalue weighted by atomic mass is 19.4. The van der Waals surface area contributed by atoms with E-state index >= 15 is 0 Å². The van der Waals surface area contributed by atoms with Gasteiger partial charge in [0.1, 0.15) is 11.5 Å². The summed E-state index contributed by atoms with van der Waals surface area (Å²) in [6.07, 6.45) is -3.44. The van der Waals surface area contributed by atoms with Crippen molar-refractivity contribution >= 4 is 5.97 Å². The van der Waals surface area contributed by atoms with Gasteiger partial charge in [-0.05, 0) is 19.6 Å². The van der Waals surface area contributed by atoms with Gasteiger partial charge in [0.25, 0.3) is 0 Å².